The maximum absolute atomic E-state index is 13.7. The number of hydrogen-bond donors (Lipinski definition) is 1. The standard InChI is InChI=1S/C16H12F2N2O/c17-12-5-6-14(18)11(7-12)9-20-15(19)8-10-3-1-2-4-13(10)16(20)21/h1-8H,9,19H2. The van der Waals surface area contributed by atoms with Crippen LogP contribution in [0.5, 0.6) is 0 Å². The van der Waals surface area contributed by atoms with Crippen LogP contribution in [0.1, 0.15) is 5.56 Å². The van der Waals surface area contributed by atoms with Crippen molar-refractivity contribution >= 4 is 16.6 Å². The highest BCUT2D eigenvalue weighted by molar-refractivity contribution is 5.83. The van der Waals surface area contributed by atoms with Gasteiger partial charge in [0.2, 0.25) is 0 Å². The van der Waals surface area contributed by atoms with Gasteiger partial charge in [-0.15, -0.1) is 0 Å². The first kappa shape index (κ1) is 13.3. The van der Waals surface area contributed by atoms with Crippen molar-refractivity contribution in [2.75, 3.05) is 5.73 Å². The summed E-state index contributed by atoms with van der Waals surface area (Å²) >= 11 is 0. The van der Waals surface area contributed by atoms with Crippen LogP contribution in [-0.2, 0) is 6.54 Å². The maximum Gasteiger partial charge on any atom is 0.260 e. The molecule has 0 radical (unpaired) electrons. The van der Waals surface area contributed by atoms with Crippen molar-refractivity contribution in [2.45, 2.75) is 6.54 Å². The molecule has 0 atom stereocenters. The van der Waals surface area contributed by atoms with E-state index in [-0.39, 0.29) is 23.5 Å². The highest BCUT2D eigenvalue weighted by atomic mass is 19.1. The number of pyridine rings is 1. The topological polar surface area (TPSA) is 48.0 Å². The summed E-state index contributed by atoms with van der Waals surface area (Å²) in [7, 11) is 0. The summed E-state index contributed by atoms with van der Waals surface area (Å²) < 4.78 is 28.2. The number of aromatic nitrogens is 1. The molecule has 2 aromatic carbocycles. The lowest BCUT2D eigenvalue weighted by atomic mass is 10.1. The average molecular weight is 286 g/mol. The Labute approximate surface area is 119 Å². The van der Waals surface area contributed by atoms with Crippen LogP contribution in [0.4, 0.5) is 14.6 Å². The first-order valence-electron chi connectivity index (χ1n) is 6.38. The Bertz CT molecular complexity index is 887. The number of benzene rings is 2. The summed E-state index contributed by atoms with van der Waals surface area (Å²) in [5.41, 5.74) is 5.63. The van der Waals surface area contributed by atoms with Gasteiger partial charge in [-0.05, 0) is 35.7 Å². The van der Waals surface area contributed by atoms with Crippen LogP contribution in [0.15, 0.2) is 53.3 Å². The van der Waals surface area contributed by atoms with Gasteiger partial charge in [0.15, 0.2) is 0 Å². The Kier molecular flexibility index (Phi) is 3.17. The van der Waals surface area contributed by atoms with Crippen LogP contribution in [0.2, 0.25) is 0 Å². The molecule has 3 aromatic rings. The predicted molar refractivity (Wildman–Crippen MR) is 78.1 cm³/mol. The Hall–Kier alpha value is -2.69. The van der Waals surface area contributed by atoms with Gasteiger partial charge in [-0.2, -0.15) is 0 Å². The lowest BCUT2D eigenvalue weighted by molar-refractivity contribution is 0.576. The lowest BCUT2D eigenvalue weighted by Crippen LogP contribution is -2.24. The number of nitrogens with two attached hydrogens (primary N) is 1. The minimum Gasteiger partial charge on any atom is -0.385 e. The molecule has 0 aliphatic heterocycles. The fourth-order valence-corrected chi connectivity index (χ4v) is 2.32. The molecule has 0 saturated carbocycles. The highest BCUT2D eigenvalue weighted by Crippen LogP contribution is 2.16. The lowest BCUT2D eigenvalue weighted by Gasteiger charge is -2.12. The highest BCUT2D eigenvalue weighted by Gasteiger charge is 2.10. The second kappa shape index (κ2) is 5.01. The molecule has 1 heterocycles. The van der Waals surface area contributed by atoms with Crippen molar-refractivity contribution in [3.8, 4) is 0 Å². The van der Waals surface area contributed by atoms with Crippen LogP contribution in [0, 0.1) is 11.6 Å². The monoisotopic (exact) mass is 286 g/mol. The van der Waals surface area contributed by atoms with E-state index >= 15 is 0 Å². The van der Waals surface area contributed by atoms with Crippen molar-refractivity contribution in [1.29, 1.82) is 0 Å². The van der Waals surface area contributed by atoms with Crippen LogP contribution in [0.25, 0.3) is 10.8 Å². The summed E-state index contributed by atoms with van der Waals surface area (Å²) in [5, 5.41) is 1.21. The minimum absolute atomic E-state index is 0.0825. The largest absolute Gasteiger partial charge is 0.385 e. The number of fused-ring (bicyclic) bond motifs is 1. The fourth-order valence-electron chi connectivity index (χ4n) is 2.32. The maximum atomic E-state index is 13.7. The summed E-state index contributed by atoms with van der Waals surface area (Å²) in [5.74, 6) is -0.919. The van der Waals surface area contributed by atoms with E-state index in [4.69, 9.17) is 5.73 Å². The molecule has 0 fully saturated rings. The first-order chi connectivity index (χ1) is 10.1. The van der Waals surface area contributed by atoms with Gasteiger partial charge >= 0.3 is 0 Å². The van der Waals surface area contributed by atoms with E-state index in [0.29, 0.717) is 5.39 Å². The fraction of sp³-hybridized carbons (Fsp3) is 0.0625. The molecular weight excluding hydrogens is 274 g/mol. The summed E-state index contributed by atoms with van der Waals surface area (Å²) in [6.45, 7) is -0.112. The van der Waals surface area contributed by atoms with Crippen molar-refractivity contribution in [3.05, 3.63) is 76.1 Å². The molecule has 106 valence electrons. The van der Waals surface area contributed by atoms with E-state index in [1.165, 1.54) is 4.57 Å². The summed E-state index contributed by atoms with van der Waals surface area (Å²) in [4.78, 5) is 12.4. The summed E-state index contributed by atoms with van der Waals surface area (Å²) in [6.07, 6.45) is 0. The molecule has 3 rings (SSSR count). The van der Waals surface area contributed by atoms with Crippen LogP contribution in [-0.4, -0.2) is 4.57 Å². The zero-order valence-corrected chi connectivity index (χ0v) is 11.0. The van der Waals surface area contributed by atoms with Crippen molar-refractivity contribution in [2.24, 2.45) is 0 Å². The number of hydrogen-bond acceptors (Lipinski definition) is 2. The van der Waals surface area contributed by atoms with Gasteiger partial charge in [-0.3, -0.25) is 9.36 Å². The van der Waals surface area contributed by atoms with Gasteiger partial charge in [-0.1, -0.05) is 18.2 Å². The zero-order chi connectivity index (χ0) is 15.0. The number of nitrogen functional groups attached to an aromatic ring is 1. The van der Waals surface area contributed by atoms with Crippen LogP contribution < -0.4 is 11.3 Å². The Balaban J connectivity index is 2.17. The molecule has 1 aromatic heterocycles. The predicted octanol–water partition coefficient (Wildman–Crippen LogP) is 2.91. The molecule has 0 aliphatic rings. The van der Waals surface area contributed by atoms with Gasteiger partial charge in [-0.25, -0.2) is 8.78 Å². The van der Waals surface area contributed by atoms with Gasteiger partial charge in [0.05, 0.1) is 6.54 Å². The SMILES string of the molecule is Nc1cc2ccccc2c(=O)n1Cc1cc(F)ccc1F. The third-order valence-corrected chi connectivity index (χ3v) is 3.39. The van der Waals surface area contributed by atoms with Crippen molar-refractivity contribution in [3.63, 3.8) is 0 Å². The third kappa shape index (κ3) is 2.38. The van der Waals surface area contributed by atoms with E-state index in [9.17, 15) is 13.6 Å². The molecule has 21 heavy (non-hydrogen) atoms. The van der Waals surface area contributed by atoms with Gasteiger partial charge in [0.25, 0.3) is 5.56 Å². The molecule has 5 heteroatoms. The Morgan fingerprint density at radius 3 is 2.62 bits per heavy atom. The number of anilines is 1. The number of nitrogens with zero attached hydrogens (tertiary/aromatic N) is 1. The molecule has 0 aliphatic carbocycles. The quantitative estimate of drug-likeness (QED) is 0.787. The van der Waals surface area contributed by atoms with E-state index in [2.05, 4.69) is 0 Å². The van der Waals surface area contributed by atoms with E-state index < -0.39 is 11.6 Å². The summed E-state index contributed by atoms with van der Waals surface area (Å²) in [6, 6.07) is 11.8. The average Bonchev–Trinajstić information content (AvgIpc) is 2.47. The molecule has 3 nitrogen and oxygen atoms in total. The molecule has 0 spiro atoms. The van der Waals surface area contributed by atoms with Gasteiger partial charge in [0.1, 0.15) is 17.5 Å². The molecule has 0 unspecified atom stereocenters. The van der Waals surface area contributed by atoms with Crippen molar-refractivity contribution < 1.29 is 8.78 Å². The van der Waals surface area contributed by atoms with E-state index in [1.54, 1.807) is 30.3 Å². The third-order valence-electron chi connectivity index (χ3n) is 3.39. The first-order valence-corrected chi connectivity index (χ1v) is 6.38. The molecule has 0 amide bonds. The van der Waals surface area contributed by atoms with E-state index in [1.807, 2.05) is 0 Å². The zero-order valence-electron chi connectivity index (χ0n) is 11.0. The second-order valence-corrected chi connectivity index (χ2v) is 4.78. The molecule has 2 N–H and O–H groups in total. The van der Waals surface area contributed by atoms with E-state index in [0.717, 1.165) is 23.6 Å². The Morgan fingerprint density at radius 2 is 1.81 bits per heavy atom. The normalized spacial score (nSPS) is 11.0. The molecule has 0 bridgehead atoms. The Morgan fingerprint density at radius 1 is 1.05 bits per heavy atom. The number of halogens is 2. The van der Waals surface area contributed by atoms with Crippen LogP contribution >= 0.6 is 0 Å². The van der Waals surface area contributed by atoms with Gasteiger partial charge in [0, 0.05) is 10.9 Å². The molecular formula is C16H12F2N2O. The second-order valence-electron chi connectivity index (χ2n) is 4.78. The smallest absolute Gasteiger partial charge is 0.260 e. The van der Waals surface area contributed by atoms with Crippen molar-refractivity contribution in [1.82, 2.24) is 4.57 Å². The van der Waals surface area contributed by atoms with Gasteiger partial charge < -0.3 is 5.73 Å². The number of rotatable bonds is 2. The minimum atomic E-state index is -0.573. The van der Waals surface area contributed by atoms with Crippen LogP contribution in [0.3, 0.4) is 0 Å². The molecule has 0 saturated heterocycles.